The molecular formula is C14H14N2O2. The van der Waals surface area contributed by atoms with Crippen LogP contribution in [-0.2, 0) is 0 Å². The molecule has 1 heterocycles. The Morgan fingerprint density at radius 1 is 1.44 bits per heavy atom. The Balaban J connectivity index is 2.34. The molecule has 0 radical (unpaired) electrons. The second kappa shape index (κ2) is 4.92. The maximum Gasteiger partial charge on any atom is 0.289 e. The van der Waals surface area contributed by atoms with Crippen molar-refractivity contribution < 1.29 is 9.21 Å². The molecule has 0 atom stereocenters. The molecule has 0 aliphatic rings. The van der Waals surface area contributed by atoms with Crippen molar-refractivity contribution in [1.82, 2.24) is 4.90 Å². The Morgan fingerprint density at radius 2 is 2.17 bits per heavy atom. The molecule has 92 valence electrons. The summed E-state index contributed by atoms with van der Waals surface area (Å²) in [5.41, 5.74) is 1.56. The normalized spacial score (nSPS) is 10.3. The van der Waals surface area contributed by atoms with Crippen LogP contribution in [0.4, 0.5) is 0 Å². The van der Waals surface area contributed by atoms with Gasteiger partial charge in [-0.1, -0.05) is 18.2 Å². The molecule has 1 aromatic heterocycles. The van der Waals surface area contributed by atoms with Gasteiger partial charge in [0.15, 0.2) is 5.76 Å². The first-order chi connectivity index (χ1) is 8.65. The zero-order valence-corrected chi connectivity index (χ0v) is 10.4. The lowest BCUT2D eigenvalue weighted by molar-refractivity contribution is 0.0768. The number of carbonyl (C=O) groups excluding carboxylic acids is 1. The number of hydrogen-bond donors (Lipinski definition) is 0. The predicted octanol–water partition coefficient (Wildman–Crippen LogP) is 2.73. The van der Waals surface area contributed by atoms with Crippen LogP contribution in [0.5, 0.6) is 0 Å². The van der Waals surface area contributed by atoms with Crippen molar-refractivity contribution in [2.45, 2.75) is 13.3 Å². The summed E-state index contributed by atoms with van der Waals surface area (Å²) in [5.74, 6) is 0.176. The van der Waals surface area contributed by atoms with E-state index in [2.05, 4.69) is 0 Å². The third-order valence-corrected chi connectivity index (χ3v) is 2.94. The fourth-order valence-electron chi connectivity index (χ4n) is 1.87. The number of fused-ring (bicyclic) bond motifs is 1. The number of furan rings is 1. The molecular weight excluding hydrogens is 228 g/mol. The van der Waals surface area contributed by atoms with Gasteiger partial charge >= 0.3 is 0 Å². The van der Waals surface area contributed by atoms with Gasteiger partial charge in [0, 0.05) is 24.5 Å². The summed E-state index contributed by atoms with van der Waals surface area (Å²) in [5, 5.41) is 9.48. The van der Waals surface area contributed by atoms with Crippen molar-refractivity contribution in [3.05, 3.63) is 35.6 Å². The van der Waals surface area contributed by atoms with Gasteiger partial charge in [-0.2, -0.15) is 5.26 Å². The highest BCUT2D eigenvalue weighted by atomic mass is 16.3. The van der Waals surface area contributed by atoms with E-state index < -0.39 is 0 Å². The predicted molar refractivity (Wildman–Crippen MR) is 68.1 cm³/mol. The number of hydrogen-bond acceptors (Lipinski definition) is 3. The topological polar surface area (TPSA) is 57.2 Å². The number of para-hydroxylation sites is 1. The van der Waals surface area contributed by atoms with Crippen molar-refractivity contribution in [2.24, 2.45) is 0 Å². The van der Waals surface area contributed by atoms with E-state index in [0.29, 0.717) is 24.3 Å². The Labute approximate surface area is 105 Å². The Hall–Kier alpha value is -2.28. The van der Waals surface area contributed by atoms with Gasteiger partial charge in [-0.25, -0.2) is 0 Å². The molecule has 0 saturated carbocycles. The lowest BCUT2D eigenvalue weighted by atomic mass is 10.1. The van der Waals surface area contributed by atoms with E-state index in [4.69, 9.17) is 9.68 Å². The molecule has 1 aromatic carbocycles. The van der Waals surface area contributed by atoms with Crippen LogP contribution in [0.3, 0.4) is 0 Å². The zero-order valence-electron chi connectivity index (χ0n) is 10.4. The SMILES string of the molecule is Cc1c(C(=O)N(C)CCC#N)oc2ccccc12. The van der Waals surface area contributed by atoms with E-state index in [1.54, 1.807) is 7.05 Å². The van der Waals surface area contributed by atoms with Gasteiger partial charge < -0.3 is 9.32 Å². The molecule has 0 saturated heterocycles. The van der Waals surface area contributed by atoms with Crippen molar-refractivity contribution >= 4 is 16.9 Å². The molecule has 0 N–H and O–H groups in total. The number of amides is 1. The highest BCUT2D eigenvalue weighted by Crippen LogP contribution is 2.25. The lowest BCUT2D eigenvalue weighted by Gasteiger charge is -2.13. The van der Waals surface area contributed by atoms with Crippen LogP contribution in [0, 0.1) is 18.3 Å². The number of nitriles is 1. The molecule has 0 fully saturated rings. The molecule has 4 nitrogen and oxygen atoms in total. The Bertz CT molecular complexity index is 622. The van der Waals surface area contributed by atoms with Gasteiger partial charge in [-0.05, 0) is 13.0 Å². The second-order valence-electron chi connectivity index (χ2n) is 4.19. The van der Waals surface area contributed by atoms with Crippen LogP contribution in [0.2, 0.25) is 0 Å². The van der Waals surface area contributed by atoms with Gasteiger partial charge in [0.2, 0.25) is 0 Å². The maximum absolute atomic E-state index is 12.2. The van der Waals surface area contributed by atoms with Crippen LogP contribution >= 0.6 is 0 Å². The molecule has 0 spiro atoms. The first-order valence-corrected chi connectivity index (χ1v) is 5.75. The second-order valence-corrected chi connectivity index (χ2v) is 4.19. The molecule has 0 bridgehead atoms. The van der Waals surface area contributed by atoms with E-state index in [1.807, 2.05) is 37.3 Å². The van der Waals surface area contributed by atoms with Crippen molar-refractivity contribution in [1.29, 1.82) is 5.26 Å². The van der Waals surface area contributed by atoms with Crippen molar-refractivity contribution in [2.75, 3.05) is 13.6 Å². The first-order valence-electron chi connectivity index (χ1n) is 5.75. The zero-order chi connectivity index (χ0) is 13.1. The Morgan fingerprint density at radius 3 is 2.83 bits per heavy atom. The Kier molecular flexibility index (Phi) is 3.33. The summed E-state index contributed by atoms with van der Waals surface area (Å²) in [6.07, 6.45) is 0.321. The first kappa shape index (κ1) is 12.2. The van der Waals surface area contributed by atoms with Crippen molar-refractivity contribution in [3.63, 3.8) is 0 Å². The number of nitrogens with zero attached hydrogens (tertiary/aromatic N) is 2. The van der Waals surface area contributed by atoms with Gasteiger partial charge in [-0.3, -0.25) is 4.79 Å². The monoisotopic (exact) mass is 242 g/mol. The largest absolute Gasteiger partial charge is 0.451 e. The van der Waals surface area contributed by atoms with Gasteiger partial charge in [-0.15, -0.1) is 0 Å². The molecule has 1 amide bonds. The lowest BCUT2D eigenvalue weighted by Crippen LogP contribution is -2.27. The minimum atomic E-state index is -0.182. The molecule has 2 aromatic rings. The summed E-state index contributed by atoms with van der Waals surface area (Å²) in [6.45, 7) is 2.28. The molecule has 2 rings (SSSR count). The van der Waals surface area contributed by atoms with Crippen LogP contribution in [0.25, 0.3) is 11.0 Å². The van der Waals surface area contributed by atoms with E-state index in [9.17, 15) is 4.79 Å². The minimum absolute atomic E-state index is 0.182. The molecule has 0 unspecified atom stereocenters. The molecule has 4 heteroatoms. The fraction of sp³-hybridized carbons (Fsp3) is 0.286. The molecule has 0 aliphatic heterocycles. The summed E-state index contributed by atoms with van der Waals surface area (Å²) in [4.78, 5) is 13.7. The highest BCUT2D eigenvalue weighted by Gasteiger charge is 2.20. The van der Waals surface area contributed by atoms with Crippen LogP contribution in [0.1, 0.15) is 22.5 Å². The van der Waals surface area contributed by atoms with Crippen LogP contribution in [0.15, 0.2) is 28.7 Å². The number of benzene rings is 1. The van der Waals surface area contributed by atoms with Gasteiger partial charge in [0.25, 0.3) is 5.91 Å². The van der Waals surface area contributed by atoms with E-state index in [-0.39, 0.29) is 5.91 Å². The summed E-state index contributed by atoms with van der Waals surface area (Å²) < 4.78 is 5.59. The van der Waals surface area contributed by atoms with E-state index in [1.165, 1.54) is 4.90 Å². The van der Waals surface area contributed by atoms with Gasteiger partial charge in [0.05, 0.1) is 12.5 Å². The smallest absolute Gasteiger partial charge is 0.289 e. The third kappa shape index (κ3) is 2.07. The van der Waals surface area contributed by atoms with Crippen LogP contribution in [-0.4, -0.2) is 24.4 Å². The number of aryl methyl sites for hydroxylation is 1. The van der Waals surface area contributed by atoms with E-state index >= 15 is 0 Å². The summed E-state index contributed by atoms with van der Waals surface area (Å²) in [6, 6.07) is 9.58. The highest BCUT2D eigenvalue weighted by molar-refractivity contribution is 5.98. The average Bonchev–Trinajstić information content (AvgIpc) is 2.73. The number of rotatable bonds is 3. The van der Waals surface area contributed by atoms with Crippen molar-refractivity contribution in [3.8, 4) is 6.07 Å². The minimum Gasteiger partial charge on any atom is -0.451 e. The summed E-state index contributed by atoms with van der Waals surface area (Å²) in [7, 11) is 1.67. The third-order valence-electron chi connectivity index (χ3n) is 2.94. The molecule has 18 heavy (non-hydrogen) atoms. The average molecular weight is 242 g/mol. The molecule has 0 aliphatic carbocycles. The number of carbonyl (C=O) groups is 1. The fourth-order valence-corrected chi connectivity index (χ4v) is 1.87. The standard InChI is InChI=1S/C14H14N2O2/c1-10-11-6-3-4-7-12(11)18-13(10)14(17)16(2)9-5-8-15/h3-4,6-7H,5,9H2,1-2H3. The quantitative estimate of drug-likeness (QED) is 0.831. The summed E-state index contributed by atoms with van der Waals surface area (Å²) >= 11 is 0. The van der Waals surface area contributed by atoms with Crippen LogP contribution < -0.4 is 0 Å². The van der Waals surface area contributed by atoms with E-state index in [0.717, 1.165) is 10.9 Å². The van der Waals surface area contributed by atoms with Gasteiger partial charge in [0.1, 0.15) is 5.58 Å². The maximum atomic E-state index is 12.2.